The summed E-state index contributed by atoms with van der Waals surface area (Å²) in [6.45, 7) is 3.70. The standard InChI is InChI=1S/C10H19N/c1-2-3-8-10(11)9-6-4-5-7-9/h2,9-10H,1,3-8,11H2/t10-/m0/s1. The molecule has 0 aliphatic heterocycles. The zero-order valence-electron chi connectivity index (χ0n) is 7.26. The summed E-state index contributed by atoms with van der Waals surface area (Å²) >= 11 is 0. The Hall–Kier alpha value is -0.300. The Bertz CT molecular complexity index is 114. The van der Waals surface area contributed by atoms with Crippen molar-refractivity contribution >= 4 is 0 Å². The Morgan fingerprint density at radius 3 is 2.64 bits per heavy atom. The average Bonchev–Trinajstić information content (AvgIpc) is 2.52. The van der Waals surface area contributed by atoms with Crippen LogP contribution in [0.4, 0.5) is 0 Å². The summed E-state index contributed by atoms with van der Waals surface area (Å²) in [6, 6.07) is 0.440. The summed E-state index contributed by atoms with van der Waals surface area (Å²) in [6.07, 6.45) is 9.69. The van der Waals surface area contributed by atoms with Crippen LogP contribution in [0.5, 0.6) is 0 Å². The van der Waals surface area contributed by atoms with Gasteiger partial charge >= 0.3 is 0 Å². The minimum Gasteiger partial charge on any atom is -0.327 e. The van der Waals surface area contributed by atoms with Crippen molar-refractivity contribution in [2.75, 3.05) is 0 Å². The Balaban J connectivity index is 2.16. The molecule has 0 radical (unpaired) electrons. The molecule has 0 amide bonds. The molecule has 1 fully saturated rings. The molecule has 1 atom stereocenters. The third kappa shape index (κ3) is 2.66. The first-order chi connectivity index (χ1) is 5.34. The van der Waals surface area contributed by atoms with Crippen molar-refractivity contribution in [1.82, 2.24) is 0 Å². The summed E-state index contributed by atoms with van der Waals surface area (Å²) < 4.78 is 0. The summed E-state index contributed by atoms with van der Waals surface area (Å²) in [5.41, 5.74) is 6.02. The van der Waals surface area contributed by atoms with Crippen LogP contribution < -0.4 is 5.73 Å². The van der Waals surface area contributed by atoms with E-state index < -0.39 is 0 Å². The van der Waals surface area contributed by atoms with Crippen LogP contribution in [0.2, 0.25) is 0 Å². The molecule has 0 aromatic carbocycles. The number of rotatable bonds is 4. The number of nitrogens with two attached hydrogens (primary N) is 1. The van der Waals surface area contributed by atoms with Gasteiger partial charge < -0.3 is 5.73 Å². The normalized spacial score (nSPS) is 21.9. The van der Waals surface area contributed by atoms with Crippen LogP contribution in [-0.4, -0.2) is 6.04 Å². The highest BCUT2D eigenvalue weighted by Gasteiger charge is 2.20. The SMILES string of the molecule is C=CCC[C@H](N)C1CCCC1. The summed E-state index contributed by atoms with van der Waals surface area (Å²) in [7, 11) is 0. The molecule has 0 aromatic heterocycles. The second kappa shape index (κ2) is 4.55. The van der Waals surface area contributed by atoms with Gasteiger partial charge in [0.05, 0.1) is 0 Å². The van der Waals surface area contributed by atoms with Gasteiger partial charge in [0.15, 0.2) is 0 Å². The largest absolute Gasteiger partial charge is 0.327 e. The number of hydrogen-bond acceptors (Lipinski definition) is 1. The van der Waals surface area contributed by atoms with Crippen molar-refractivity contribution in [3.8, 4) is 0 Å². The van der Waals surface area contributed by atoms with Crippen LogP contribution in [-0.2, 0) is 0 Å². The predicted octanol–water partition coefficient (Wildman–Crippen LogP) is 2.47. The van der Waals surface area contributed by atoms with Crippen molar-refractivity contribution in [2.24, 2.45) is 11.7 Å². The Labute approximate surface area is 69.7 Å². The number of hydrogen-bond donors (Lipinski definition) is 1. The maximum atomic E-state index is 6.02. The quantitative estimate of drug-likeness (QED) is 0.617. The van der Waals surface area contributed by atoms with E-state index in [1.54, 1.807) is 0 Å². The fourth-order valence-electron chi connectivity index (χ4n) is 1.93. The van der Waals surface area contributed by atoms with E-state index in [0.29, 0.717) is 6.04 Å². The fourth-order valence-corrected chi connectivity index (χ4v) is 1.93. The zero-order valence-corrected chi connectivity index (χ0v) is 7.26. The minimum atomic E-state index is 0.440. The molecule has 1 heteroatoms. The molecule has 1 saturated carbocycles. The monoisotopic (exact) mass is 153 g/mol. The molecule has 0 unspecified atom stereocenters. The molecule has 64 valence electrons. The third-order valence-corrected chi connectivity index (χ3v) is 2.71. The van der Waals surface area contributed by atoms with Gasteiger partial charge in [-0.25, -0.2) is 0 Å². The van der Waals surface area contributed by atoms with E-state index >= 15 is 0 Å². The third-order valence-electron chi connectivity index (χ3n) is 2.71. The molecule has 0 aromatic rings. The maximum absolute atomic E-state index is 6.02. The lowest BCUT2D eigenvalue weighted by molar-refractivity contribution is 0.412. The molecule has 1 nitrogen and oxygen atoms in total. The van der Waals surface area contributed by atoms with Crippen LogP contribution in [0, 0.1) is 5.92 Å². The van der Waals surface area contributed by atoms with Gasteiger partial charge in [0.25, 0.3) is 0 Å². The van der Waals surface area contributed by atoms with Crippen molar-refractivity contribution < 1.29 is 0 Å². The molecule has 0 spiro atoms. The highest BCUT2D eigenvalue weighted by molar-refractivity contribution is 4.80. The van der Waals surface area contributed by atoms with Gasteiger partial charge in [-0.2, -0.15) is 0 Å². The van der Waals surface area contributed by atoms with E-state index in [-0.39, 0.29) is 0 Å². The van der Waals surface area contributed by atoms with Gasteiger partial charge in [0.2, 0.25) is 0 Å². The molecule has 11 heavy (non-hydrogen) atoms. The maximum Gasteiger partial charge on any atom is 0.00701 e. The lowest BCUT2D eigenvalue weighted by Crippen LogP contribution is -2.27. The van der Waals surface area contributed by atoms with E-state index in [1.165, 1.54) is 25.7 Å². The van der Waals surface area contributed by atoms with Crippen LogP contribution >= 0.6 is 0 Å². The van der Waals surface area contributed by atoms with Crippen molar-refractivity contribution in [1.29, 1.82) is 0 Å². The van der Waals surface area contributed by atoms with Gasteiger partial charge in [0.1, 0.15) is 0 Å². The first-order valence-electron chi connectivity index (χ1n) is 4.71. The zero-order chi connectivity index (χ0) is 8.10. The lowest BCUT2D eigenvalue weighted by Gasteiger charge is -2.17. The van der Waals surface area contributed by atoms with Gasteiger partial charge in [-0.05, 0) is 31.6 Å². The van der Waals surface area contributed by atoms with Gasteiger partial charge in [0, 0.05) is 6.04 Å². The molecule has 1 aliphatic carbocycles. The van der Waals surface area contributed by atoms with E-state index in [1.807, 2.05) is 6.08 Å². The van der Waals surface area contributed by atoms with Gasteiger partial charge in [-0.1, -0.05) is 18.9 Å². The van der Waals surface area contributed by atoms with Gasteiger partial charge in [-0.15, -0.1) is 6.58 Å². The van der Waals surface area contributed by atoms with Crippen molar-refractivity contribution in [2.45, 2.75) is 44.6 Å². The van der Waals surface area contributed by atoms with E-state index in [9.17, 15) is 0 Å². The second-order valence-corrected chi connectivity index (χ2v) is 3.57. The summed E-state index contributed by atoms with van der Waals surface area (Å²) in [5, 5.41) is 0. The average molecular weight is 153 g/mol. The van der Waals surface area contributed by atoms with Crippen molar-refractivity contribution in [3.05, 3.63) is 12.7 Å². The Morgan fingerprint density at radius 2 is 2.09 bits per heavy atom. The first kappa shape index (κ1) is 8.79. The van der Waals surface area contributed by atoms with Crippen LogP contribution in [0.1, 0.15) is 38.5 Å². The predicted molar refractivity (Wildman–Crippen MR) is 49.4 cm³/mol. The second-order valence-electron chi connectivity index (χ2n) is 3.57. The lowest BCUT2D eigenvalue weighted by atomic mass is 9.95. The minimum absolute atomic E-state index is 0.440. The molecular weight excluding hydrogens is 134 g/mol. The van der Waals surface area contributed by atoms with E-state index in [4.69, 9.17) is 5.73 Å². The molecule has 1 rings (SSSR count). The molecule has 1 aliphatic rings. The summed E-state index contributed by atoms with van der Waals surface area (Å²) in [5.74, 6) is 0.815. The highest BCUT2D eigenvalue weighted by Crippen LogP contribution is 2.28. The Morgan fingerprint density at radius 1 is 1.45 bits per heavy atom. The topological polar surface area (TPSA) is 26.0 Å². The fraction of sp³-hybridized carbons (Fsp3) is 0.800. The van der Waals surface area contributed by atoms with E-state index in [0.717, 1.165) is 18.8 Å². The van der Waals surface area contributed by atoms with Crippen molar-refractivity contribution in [3.63, 3.8) is 0 Å². The molecule has 0 bridgehead atoms. The van der Waals surface area contributed by atoms with Crippen LogP contribution in [0.3, 0.4) is 0 Å². The molecule has 0 saturated heterocycles. The first-order valence-corrected chi connectivity index (χ1v) is 4.71. The molecule has 0 heterocycles. The number of allylic oxidation sites excluding steroid dienone is 1. The molecular formula is C10H19N. The Kier molecular flexibility index (Phi) is 3.64. The van der Waals surface area contributed by atoms with Gasteiger partial charge in [-0.3, -0.25) is 0 Å². The smallest absolute Gasteiger partial charge is 0.00701 e. The van der Waals surface area contributed by atoms with Crippen LogP contribution in [0.15, 0.2) is 12.7 Å². The highest BCUT2D eigenvalue weighted by atomic mass is 14.6. The van der Waals surface area contributed by atoms with Crippen LogP contribution in [0.25, 0.3) is 0 Å². The molecule has 2 N–H and O–H groups in total. The summed E-state index contributed by atoms with van der Waals surface area (Å²) in [4.78, 5) is 0. The van der Waals surface area contributed by atoms with E-state index in [2.05, 4.69) is 6.58 Å².